The number of benzene rings is 3. The molecule has 0 bridgehead atoms. The van der Waals surface area contributed by atoms with Gasteiger partial charge in [-0.3, -0.25) is 9.59 Å². The van der Waals surface area contributed by atoms with Crippen LogP contribution in [0, 0.1) is 13.8 Å². The number of carbonyl (C=O) groups is 2. The third-order valence-corrected chi connectivity index (χ3v) is 5.58. The van der Waals surface area contributed by atoms with E-state index >= 15 is 0 Å². The summed E-state index contributed by atoms with van der Waals surface area (Å²) in [5.74, 6) is -0.446. The van der Waals surface area contributed by atoms with E-state index in [1.807, 2.05) is 113 Å². The fourth-order valence-corrected chi connectivity index (χ4v) is 3.65. The molecular weight excluding hydrogens is 500 g/mol. The molecule has 0 radical (unpaired) electrons. The van der Waals surface area contributed by atoms with Crippen molar-refractivity contribution >= 4 is 47.8 Å². The Bertz CT molecular complexity index is 1310. The molecule has 0 aromatic heterocycles. The molecule has 0 unspecified atom stereocenters. The lowest BCUT2D eigenvalue weighted by molar-refractivity contribution is -0.120. The smallest absolute Gasteiger partial charge is 0.259 e. The van der Waals surface area contributed by atoms with Gasteiger partial charge in [0.15, 0.2) is 0 Å². The summed E-state index contributed by atoms with van der Waals surface area (Å²) in [6.07, 6.45) is 7.18. The van der Waals surface area contributed by atoms with Crippen LogP contribution in [0.3, 0.4) is 0 Å². The lowest BCUT2D eigenvalue weighted by Crippen LogP contribution is -2.25. The van der Waals surface area contributed by atoms with Crippen LogP contribution in [0.25, 0.3) is 12.2 Å². The fourth-order valence-electron chi connectivity index (χ4n) is 3.65. The second-order valence-corrected chi connectivity index (χ2v) is 9.48. The van der Waals surface area contributed by atoms with Crippen LogP contribution < -0.4 is 21.5 Å². The molecule has 0 fully saturated rings. The Hall–Kier alpha value is -4.98. The zero-order chi connectivity index (χ0) is 28.7. The van der Waals surface area contributed by atoms with Gasteiger partial charge in [-0.1, -0.05) is 60.7 Å². The highest BCUT2D eigenvalue weighted by Gasteiger charge is 2.01. The first kappa shape index (κ1) is 29.6. The van der Waals surface area contributed by atoms with Crippen molar-refractivity contribution in [3.63, 3.8) is 0 Å². The third-order valence-electron chi connectivity index (χ3n) is 5.58. The summed E-state index contributed by atoms with van der Waals surface area (Å²) in [5, 5.41) is 14.2. The molecule has 0 heterocycles. The van der Waals surface area contributed by atoms with Crippen molar-refractivity contribution in [1.29, 1.82) is 0 Å². The van der Waals surface area contributed by atoms with Crippen molar-refractivity contribution in [3.05, 3.63) is 106 Å². The summed E-state index contributed by atoms with van der Waals surface area (Å²) in [6, 6.07) is 23.7. The largest absolute Gasteiger partial charge is 0.376 e. The van der Waals surface area contributed by atoms with Gasteiger partial charge in [-0.2, -0.15) is 10.2 Å². The first-order valence-corrected chi connectivity index (χ1v) is 13.0. The number of allylic oxidation sites excluding steroid dienone is 2. The van der Waals surface area contributed by atoms with Gasteiger partial charge in [0, 0.05) is 11.4 Å². The van der Waals surface area contributed by atoms with Crippen molar-refractivity contribution in [2.45, 2.75) is 27.7 Å². The van der Waals surface area contributed by atoms with Gasteiger partial charge >= 0.3 is 0 Å². The predicted octanol–water partition coefficient (Wildman–Crippen LogP) is 5.54. The van der Waals surface area contributed by atoms with Crippen LogP contribution in [0.15, 0.2) is 94.1 Å². The van der Waals surface area contributed by atoms with Gasteiger partial charge in [0.25, 0.3) is 11.8 Å². The first-order valence-electron chi connectivity index (χ1n) is 13.0. The molecule has 206 valence electrons. The molecule has 3 rings (SSSR count). The summed E-state index contributed by atoms with van der Waals surface area (Å²) in [4.78, 5) is 24.0. The Balaban J connectivity index is 1.41. The number of hydrogen-bond acceptors (Lipinski definition) is 6. The van der Waals surface area contributed by atoms with E-state index in [4.69, 9.17) is 0 Å². The van der Waals surface area contributed by atoms with Crippen LogP contribution in [-0.4, -0.2) is 37.3 Å². The Labute approximate surface area is 236 Å². The minimum absolute atomic E-state index is 0.139. The first-order chi connectivity index (χ1) is 19.3. The predicted molar refractivity (Wildman–Crippen MR) is 166 cm³/mol. The number of hydrazone groups is 2. The number of nitrogens with one attached hydrogen (secondary N) is 4. The molecule has 0 atom stereocenters. The standard InChI is InChI=1S/C32H36N6O2/c1-23-7-5-9-29(17-23)33-21-31(39)37-35-19-25(3)15-27-11-13-28(14-12-27)16-26(4)20-36-38-32(40)22-34-30-10-6-8-24(2)18-30/h5-20,33-34H,21-22H2,1-4H3,(H,37,39)(H,38,40)/b25-15+,26-16+,35-19-,36-20-. The Morgan fingerprint density at radius 1 is 0.650 bits per heavy atom. The van der Waals surface area contributed by atoms with Crippen molar-refractivity contribution in [1.82, 2.24) is 10.9 Å². The van der Waals surface area contributed by atoms with Crippen LogP contribution >= 0.6 is 0 Å². The minimum atomic E-state index is -0.223. The van der Waals surface area contributed by atoms with E-state index in [-0.39, 0.29) is 24.9 Å². The number of rotatable bonds is 12. The SMILES string of the molecule is CC(/C=N\NC(=O)CNc1cccc(C)c1)=C\c1ccc(/C=C(C)/C=N\NC(=O)CNc2cccc(C)c2)cc1. The molecule has 0 aliphatic rings. The van der Waals surface area contributed by atoms with Crippen LogP contribution in [0.2, 0.25) is 0 Å². The van der Waals surface area contributed by atoms with Gasteiger partial charge in [0.1, 0.15) is 0 Å². The minimum Gasteiger partial charge on any atom is -0.376 e. The van der Waals surface area contributed by atoms with Gasteiger partial charge < -0.3 is 10.6 Å². The van der Waals surface area contributed by atoms with Gasteiger partial charge in [-0.25, -0.2) is 10.9 Å². The molecular formula is C32H36N6O2. The molecule has 8 heteroatoms. The van der Waals surface area contributed by atoms with Crippen LogP contribution in [-0.2, 0) is 9.59 Å². The molecule has 0 spiro atoms. The van der Waals surface area contributed by atoms with Crippen LogP contribution in [0.5, 0.6) is 0 Å². The monoisotopic (exact) mass is 536 g/mol. The van der Waals surface area contributed by atoms with E-state index in [2.05, 4.69) is 31.7 Å². The summed E-state index contributed by atoms with van der Waals surface area (Å²) in [6.45, 7) is 8.12. The van der Waals surface area contributed by atoms with Gasteiger partial charge in [-0.05, 0) is 85.4 Å². The molecule has 3 aromatic rings. The van der Waals surface area contributed by atoms with Crippen molar-refractivity contribution in [3.8, 4) is 0 Å². The molecule has 3 aromatic carbocycles. The molecule has 2 amide bonds. The average Bonchev–Trinajstić information content (AvgIpc) is 2.92. The molecule has 8 nitrogen and oxygen atoms in total. The maximum absolute atomic E-state index is 12.0. The van der Waals surface area contributed by atoms with E-state index < -0.39 is 0 Å². The van der Waals surface area contributed by atoms with E-state index in [0.717, 1.165) is 44.8 Å². The quantitative estimate of drug-likeness (QED) is 0.180. The number of amides is 2. The molecule has 0 saturated carbocycles. The van der Waals surface area contributed by atoms with E-state index in [1.165, 1.54) is 0 Å². The third kappa shape index (κ3) is 11.2. The van der Waals surface area contributed by atoms with Gasteiger partial charge in [-0.15, -0.1) is 0 Å². The number of carbonyl (C=O) groups excluding carboxylic acids is 2. The number of aryl methyl sites for hydroxylation is 2. The fraction of sp³-hybridized carbons (Fsp3) is 0.188. The highest BCUT2D eigenvalue weighted by Crippen LogP contribution is 2.12. The number of nitrogens with zero attached hydrogens (tertiary/aromatic N) is 2. The normalized spacial score (nSPS) is 12.0. The highest BCUT2D eigenvalue weighted by atomic mass is 16.2. The van der Waals surface area contributed by atoms with E-state index in [1.54, 1.807) is 12.4 Å². The Kier molecular flexibility index (Phi) is 11.4. The number of hydrogen-bond donors (Lipinski definition) is 4. The van der Waals surface area contributed by atoms with Gasteiger partial charge in [0.05, 0.1) is 25.5 Å². The summed E-state index contributed by atoms with van der Waals surface area (Å²) < 4.78 is 0. The lowest BCUT2D eigenvalue weighted by Gasteiger charge is -2.05. The second kappa shape index (κ2) is 15.4. The molecule has 40 heavy (non-hydrogen) atoms. The van der Waals surface area contributed by atoms with Crippen LogP contribution in [0.1, 0.15) is 36.1 Å². The van der Waals surface area contributed by atoms with Crippen molar-refractivity contribution < 1.29 is 9.59 Å². The summed E-state index contributed by atoms with van der Waals surface area (Å²) in [7, 11) is 0. The van der Waals surface area contributed by atoms with Crippen molar-refractivity contribution in [2.24, 2.45) is 10.2 Å². The molecule has 0 aliphatic heterocycles. The summed E-state index contributed by atoms with van der Waals surface area (Å²) >= 11 is 0. The molecule has 4 N–H and O–H groups in total. The second-order valence-electron chi connectivity index (χ2n) is 9.48. The topological polar surface area (TPSA) is 107 Å². The highest BCUT2D eigenvalue weighted by molar-refractivity contribution is 5.88. The zero-order valence-corrected chi connectivity index (χ0v) is 23.4. The zero-order valence-electron chi connectivity index (χ0n) is 23.4. The lowest BCUT2D eigenvalue weighted by atomic mass is 10.1. The number of anilines is 2. The van der Waals surface area contributed by atoms with E-state index in [0.29, 0.717) is 0 Å². The Morgan fingerprint density at radius 2 is 1.05 bits per heavy atom. The van der Waals surface area contributed by atoms with E-state index in [9.17, 15) is 9.59 Å². The van der Waals surface area contributed by atoms with Gasteiger partial charge in [0.2, 0.25) is 0 Å². The van der Waals surface area contributed by atoms with Crippen molar-refractivity contribution in [2.75, 3.05) is 23.7 Å². The maximum atomic E-state index is 12.0. The maximum Gasteiger partial charge on any atom is 0.259 e. The summed E-state index contributed by atoms with van der Waals surface area (Å²) in [5.41, 5.74) is 12.9. The molecule has 0 aliphatic carbocycles. The van der Waals surface area contributed by atoms with Crippen LogP contribution in [0.4, 0.5) is 11.4 Å². The Morgan fingerprint density at radius 3 is 1.43 bits per heavy atom. The molecule has 0 saturated heterocycles. The average molecular weight is 537 g/mol.